The van der Waals surface area contributed by atoms with Gasteiger partial charge in [-0.3, -0.25) is 4.68 Å². The molecule has 0 spiro atoms. The largest absolute Gasteiger partial charge is 0.514 e. The Hall–Kier alpha value is -3.58. The molecule has 50 heavy (non-hydrogen) atoms. The van der Waals surface area contributed by atoms with Gasteiger partial charge >= 0.3 is 25.3 Å². The van der Waals surface area contributed by atoms with Gasteiger partial charge < -0.3 is 33.6 Å². The van der Waals surface area contributed by atoms with Crippen LogP contribution in [0.5, 0.6) is 5.75 Å². The normalized spacial score (nSPS) is 24.2. The van der Waals surface area contributed by atoms with Gasteiger partial charge in [-0.1, -0.05) is 26.0 Å². The van der Waals surface area contributed by atoms with Gasteiger partial charge in [-0.15, -0.1) is 0 Å². The molecule has 6 rings (SSSR count). The molecule has 3 aliphatic carbocycles. The van der Waals surface area contributed by atoms with Crippen LogP contribution in [0.3, 0.4) is 0 Å². The quantitative estimate of drug-likeness (QED) is 0.133. The van der Waals surface area contributed by atoms with Gasteiger partial charge in [-0.25, -0.2) is 14.4 Å². The van der Waals surface area contributed by atoms with E-state index in [4.69, 9.17) is 28.3 Å². The topological polar surface area (TPSA) is 136 Å². The Balaban J connectivity index is 1.46. The van der Waals surface area contributed by atoms with Gasteiger partial charge in [0.05, 0.1) is 24.4 Å². The highest BCUT2D eigenvalue weighted by Crippen LogP contribution is 2.65. The van der Waals surface area contributed by atoms with E-state index in [1.807, 2.05) is 6.07 Å². The number of hydrogen-bond donors (Lipinski definition) is 1. The summed E-state index contributed by atoms with van der Waals surface area (Å²) in [6.07, 6.45) is 4.13. The van der Waals surface area contributed by atoms with Crippen LogP contribution < -0.4 is 10.1 Å². The van der Waals surface area contributed by atoms with Crippen LogP contribution in [0.15, 0.2) is 24.5 Å². The SMILES string of the molecule is CC(C)(C)OC(=O)NCc1cnn(Cc2ccc(CB3OC4C[C@H]5C[C@H](C5(C)C)[C@@]4(C)O3)c(OC(=O)OC(C)(C)C)c2C(=O)OC(C)(C)C)c1. The number of rotatable bonds is 8. The molecule has 1 aromatic heterocycles. The third-order valence-electron chi connectivity index (χ3n) is 9.75. The number of alkyl carbamates (subject to hydrolysis) is 1. The molecule has 0 radical (unpaired) electrons. The Morgan fingerprint density at radius 3 is 2.20 bits per heavy atom. The van der Waals surface area contributed by atoms with Crippen molar-refractivity contribution in [2.24, 2.45) is 17.3 Å². The molecule has 1 amide bonds. The number of aromatic nitrogens is 2. The smallest absolute Gasteiger partial charge is 0.456 e. The van der Waals surface area contributed by atoms with E-state index in [1.165, 1.54) is 0 Å². The second kappa shape index (κ2) is 13.2. The van der Waals surface area contributed by atoms with Crippen molar-refractivity contribution in [2.45, 2.75) is 144 Å². The van der Waals surface area contributed by atoms with Crippen molar-refractivity contribution in [2.75, 3.05) is 0 Å². The summed E-state index contributed by atoms with van der Waals surface area (Å²) in [6.45, 7) is 23.0. The molecular weight excluding hydrogens is 641 g/mol. The summed E-state index contributed by atoms with van der Waals surface area (Å²) in [5, 5.41) is 7.18. The second-order valence-electron chi connectivity index (χ2n) is 17.7. The van der Waals surface area contributed by atoms with Gasteiger partial charge in [0.15, 0.2) is 5.75 Å². The fourth-order valence-corrected chi connectivity index (χ4v) is 7.45. The Labute approximate surface area is 296 Å². The molecule has 2 heterocycles. The number of benzene rings is 1. The van der Waals surface area contributed by atoms with Crippen molar-refractivity contribution >= 4 is 25.3 Å². The molecular formula is C37H54BN3O9. The zero-order valence-electron chi connectivity index (χ0n) is 31.7. The molecule has 2 aromatic rings. The number of ether oxygens (including phenoxy) is 4. The molecule has 12 nitrogen and oxygen atoms in total. The minimum absolute atomic E-state index is 0.0295. The monoisotopic (exact) mass is 695 g/mol. The Morgan fingerprint density at radius 2 is 1.58 bits per heavy atom. The van der Waals surface area contributed by atoms with Crippen LogP contribution in [0.2, 0.25) is 0 Å². The number of nitrogens with one attached hydrogen (secondary N) is 1. The maximum atomic E-state index is 14.0. The van der Waals surface area contributed by atoms with Crippen molar-refractivity contribution in [1.29, 1.82) is 0 Å². The lowest BCUT2D eigenvalue weighted by molar-refractivity contribution is -0.199. The molecule has 4 aliphatic rings. The third-order valence-corrected chi connectivity index (χ3v) is 9.75. The summed E-state index contributed by atoms with van der Waals surface area (Å²) in [4.78, 5) is 39.4. The Kier molecular flexibility index (Phi) is 9.94. The highest BCUT2D eigenvalue weighted by molar-refractivity contribution is 6.45. The zero-order valence-corrected chi connectivity index (χ0v) is 31.7. The highest BCUT2D eigenvalue weighted by Gasteiger charge is 2.67. The number of carbonyl (C=O) groups is 3. The Morgan fingerprint density at radius 1 is 0.940 bits per heavy atom. The van der Waals surface area contributed by atoms with Crippen LogP contribution in [0, 0.1) is 17.3 Å². The van der Waals surface area contributed by atoms with Gasteiger partial charge in [-0.2, -0.15) is 5.10 Å². The first-order valence-electron chi connectivity index (χ1n) is 17.5. The predicted octanol–water partition coefficient (Wildman–Crippen LogP) is 7.04. The molecule has 1 aliphatic heterocycles. The number of carbonyl (C=O) groups excluding carboxylic acids is 3. The van der Waals surface area contributed by atoms with E-state index in [2.05, 4.69) is 31.2 Å². The number of amides is 1. The molecule has 274 valence electrons. The molecule has 4 atom stereocenters. The highest BCUT2D eigenvalue weighted by atomic mass is 16.7. The molecule has 1 aromatic carbocycles. The lowest BCUT2D eigenvalue weighted by Crippen LogP contribution is -2.65. The first-order chi connectivity index (χ1) is 22.9. The fourth-order valence-electron chi connectivity index (χ4n) is 7.45. The van der Waals surface area contributed by atoms with Crippen LogP contribution in [0.1, 0.15) is 123 Å². The molecule has 3 saturated carbocycles. The average molecular weight is 696 g/mol. The van der Waals surface area contributed by atoms with E-state index in [1.54, 1.807) is 85.5 Å². The Bertz CT molecular complexity index is 1620. The lowest BCUT2D eigenvalue weighted by atomic mass is 9.43. The van der Waals surface area contributed by atoms with Crippen molar-refractivity contribution in [3.63, 3.8) is 0 Å². The zero-order chi connectivity index (χ0) is 37.0. The van der Waals surface area contributed by atoms with Crippen LogP contribution in [0.4, 0.5) is 9.59 Å². The van der Waals surface area contributed by atoms with Gasteiger partial charge in [0.1, 0.15) is 22.4 Å². The van der Waals surface area contributed by atoms with Crippen LogP contribution in [-0.2, 0) is 42.9 Å². The first-order valence-corrected chi connectivity index (χ1v) is 17.5. The second-order valence-corrected chi connectivity index (χ2v) is 17.7. The number of hydrogen-bond acceptors (Lipinski definition) is 10. The van der Waals surface area contributed by atoms with Gasteiger partial charge in [0, 0.05) is 24.6 Å². The van der Waals surface area contributed by atoms with E-state index in [0.29, 0.717) is 23.0 Å². The minimum Gasteiger partial charge on any atom is -0.456 e. The molecule has 13 heteroatoms. The van der Waals surface area contributed by atoms with Crippen LogP contribution in [0.25, 0.3) is 0 Å². The summed E-state index contributed by atoms with van der Waals surface area (Å²) in [7, 11) is -0.607. The van der Waals surface area contributed by atoms with Gasteiger partial charge in [-0.05, 0) is 110 Å². The molecule has 1 saturated heterocycles. The van der Waals surface area contributed by atoms with Crippen LogP contribution >= 0.6 is 0 Å². The van der Waals surface area contributed by atoms with Crippen LogP contribution in [-0.4, -0.2) is 63.6 Å². The van der Waals surface area contributed by atoms with E-state index in [9.17, 15) is 14.4 Å². The summed E-state index contributed by atoms with van der Waals surface area (Å²) in [6, 6.07) is 3.62. The summed E-state index contributed by atoms with van der Waals surface area (Å²) < 4.78 is 37.5. The summed E-state index contributed by atoms with van der Waals surface area (Å²) >= 11 is 0. The standard InChI is InChI=1S/C37H54BN3O9/c1-33(2,3)46-30(42)28-24(21-41-20-22(19-40-41)18-39-31(43)47-34(4,5)6)14-13-23(29(28)45-32(44)48-35(7,8)9)17-38-49-27-16-25-15-26(36(25,10)11)37(27,12)50-38/h13-14,19-20,25-27H,15-18,21H2,1-12H3,(H,39,43)/t25-,26-,27?,37-/m1/s1. The fraction of sp³-hybridized carbons (Fsp3) is 0.676. The van der Waals surface area contributed by atoms with Crippen molar-refractivity contribution in [1.82, 2.24) is 15.1 Å². The summed E-state index contributed by atoms with van der Waals surface area (Å²) in [5.41, 5.74) is -0.696. The lowest BCUT2D eigenvalue weighted by Gasteiger charge is -2.64. The number of esters is 1. The predicted molar refractivity (Wildman–Crippen MR) is 187 cm³/mol. The van der Waals surface area contributed by atoms with Crippen molar-refractivity contribution < 1.29 is 42.6 Å². The minimum atomic E-state index is -0.952. The summed E-state index contributed by atoms with van der Waals surface area (Å²) in [5.74, 6) is 0.331. The first kappa shape index (κ1) is 37.7. The molecule has 1 N–H and O–H groups in total. The average Bonchev–Trinajstić information content (AvgIpc) is 3.52. The van der Waals surface area contributed by atoms with E-state index >= 15 is 0 Å². The van der Waals surface area contributed by atoms with Crippen molar-refractivity contribution in [3.8, 4) is 5.75 Å². The molecule has 1 unspecified atom stereocenters. The third kappa shape index (κ3) is 8.47. The van der Waals surface area contributed by atoms with Gasteiger partial charge in [0.25, 0.3) is 0 Å². The molecule has 2 bridgehead atoms. The van der Waals surface area contributed by atoms with E-state index in [-0.39, 0.29) is 42.2 Å². The maximum absolute atomic E-state index is 14.0. The van der Waals surface area contributed by atoms with E-state index in [0.717, 1.165) is 18.4 Å². The van der Waals surface area contributed by atoms with Crippen molar-refractivity contribution in [3.05, 3.63) is 46.8 Å². The van der Waals surface area contributed by atoms with Gasteiger partial charge in [0.2, 0.25) is 0 Å². The number of nitrogens with zero attached hydrogens (tertiary/aromatic N) is 2. The van der Waals surface area contributed by atoms with E-state index < -0.39 is 47.7 Å². The molecule has 4 fully saturated rings. The maximum Gasteiger partial charge on any atom is 0.514 e.